The van der Waals surface area contributed by atoms with Crippen LogP contribution in [0.1, 0.15) is 67.2 Å². The molecule has 1 N–H and O–H groups in total. The number of rotatable bonds is 8. The van der Waals surface area contributed by atoms with Gasteiger partial charge in [0.1, 0.15) is 5.76 Å². The van der Waals surface area contributed by atoms with Gasteiger partial charge in [-0.05, 0) is 64.1 Å². The Morgan fingerprint density at radius 2 is 1.35 bits per heavy atom. The Morgan fingerprint density at radius 3 is 1.96 bits per heavy atom. The van der Waals surface area contributed by atoms with Gasteiger partial charge in [-0.25, -0.2) is 0 Å². The Bertz CT molecular complexity index is 2010. The molecule has 7 heteroatoms. The third kappa shape index (κ3) is 7.10. The molecule has 3 nitrogen and oxygen atoms in total. The second-order valence-corrected chi connectivity index (χ2v) is 15.5. The van der Waals surface area contributed by atoms with Crippen molar-refractivity contribution in [2.45, 2.75) is 86.8 Å². The monoisotopic (exact) mass is 861 g/mol. The Labute approximate surface area is 314 Å². The van der Waals surface area contributed by atoms with Crippen LogP contribution in [0.5, 0.6) is 0 Å². The fraction of sp³-hybridized carbons (Fsp3) is 0.286. The van der Waals surface area contributed by atoms with Gasteiger partial charge in [0.05, 0.1) is 0 Å². The average molecular weight is 861 g/mol. The van der Waals surface area contributed by atoms with Gasteiger partial charge in [-0.1, -0.05) is 129 Å². The van der Waals surface area contributed by atoms with Gasteiger partial charge in [-0.3, -0.25) is 4.79 Å². The summed E-state index contributed by atoms with van der Waals surface area (Å²) in [5.74, 6) is 0.286. The van der Waals surface area contributed by atoms with Crippen molar-refractivity contribution >= 4 is 63.2 Å². The Hall–Kier alpha value is -3.09. The standard InChI is InChI=1S/C27H15BNS2.C15H28O2.Ir/c1-2-8-18-16-29-22(15-17(18)7-1)19-13-14-25-26-27(19)31-24-12-6-4-10-21(24)28(26)20-9-3-5-11-23(20)30-25;1-7-14(5,8-2)12(16)11-13(17)15(6,9-3)10-4;/h1-12,14-16H;11,16H,7-10H2,1-6H3;/q-1;;/b;12-11-;. The summed E-state index contributed by atoms with van der Waals surface area (Å²) in [5, 5.41) is 12.5. The minimum absolute atomic E-state index is 0. The minimum atomic E-state index is -0.337. The summed E-state index contributed by atoms with van der Waals surface area (Å²) >= 11 is 3.73. The van der Waals surface area contributed by atoms with E-state index in [0.717, 1.165) is 36.9 Å². The first-order valence-corrected chi connectivity index (χ1v) is 18.7. The molecule has 0 aliphatic carbocycles. The predicted octanol–water partition coefficient (Wildman–Crippen LogP) is 9.79. The number of carbonyl (C=O) groups excluding carboxylic acids is 1. The van der Waals surface area contributed by atoms with Crippen molar-refractivity contribution in [1.29, 1.82) is 0 Å². The van der Waals surface area contributed by atoms with E-state index >= 15 is 0 Å². The molecule has 0 spiro atoms. The van der Waals surface area contributed by atoms with Crippen LogP contribution < -0.4 is 16.4 Å². The van der Waals surface area contributed by atoms with E-state index in [4.69, 9.17) is 4.98 Å². The summed E-state index contributed by atoms with van der Waals surface area (Å²) in [6.45, 7) is 12.3. The van der Waals surface area contributed by atoms with Crippen LogP contribution in [0.25, 0.3) is 22.0 Å². The summed E-state index contributed by atoms with van der Waals surface area (Å²) in [6.07, 6.45) is 6.73. The van der Waals surface area contributed by atoms with E-state index in [1.54, 1.807) is 0 Å². The summed E-state index contributed by atoms with van der Waals surface area (Å²) in [6, 6.07) is 34.1. The van der Waals surface area contributed by atoms with Crippen LogP contribution in [-0.2, 0) is 24.9 Å². The maximum atomic E-state index is 12.2. The van der Waals surface area contributed by atoms with E-state index in [1.165, 1.54) is 52.8 Å². The number of aliphatic hydroxyl groups excluding tert-OH is 1. The number of aliphatic hydroxyl groups is 1. The van der Waals surface area contributed by atoms with Crippen molar-refractivity contribution in [3.8, 4) is 11.3 Å². The number of pyridine rings is 1. The molecule has 0 unspecified atom stereocenters. The van der Waals surface area contributed by atoms with Gasteiger partial charge in [0, 0.05) is 43.2 Å². The Balaban J connectivity index is 0.000000226. The van der Waals surface area contributed by atoms with E-state index in [0.29, 0.717) is 0 Å². The predicted molar refractivity (Wildman–Crippen MR) is 205 cm³/mol. The maximum Gasteiger partial charge on any atom is 0.227 e. The summed E-state index contributed by atoms with van der Waals surface area (Å²) in [4.78, 5) is 22.3. The number of nitrogens with zero attached hydrogens (tertiary/aromatic N) is 1. The van der Waals surface area contributed by atoms with Gasteiger partial charge in [0.25, 0.3) is 0 Å². The number of allylic oxidation sites excluding steroid dienone is 2. The molecule has 0 fully saturated rings. The van der Waals surface area contributed by atoms with Gasteiger partial charge in [0.2, 0.25) is 6.71 Å². The third-order valence-electron chi connectivity index (χ3n) is 10.8. The molecule has 0 saturated carbocycles. The largest absolute Gasteiger partial charge is 0.512 e. The van der Waals surface area contributed by atoms with Gasteiger partial charge in [0.15, 0.2) is 5.78 Å². The molecular formula is C42H43BIrNO2S2-. The smallest absolute Gasteiger partial charge is 0.227 e. The Morgan fingerprint density at radius 1 is 0.796 bits per heavy atom. The SMILES string of the molecule is CCC(C)(CC)C(=O)/C=C(\O)C(C)(CC)CC.[Ir].[c-]1cc2c3c(c1-c1cc4ccccc4cn1)Sc1ccccc1B3c1ccccc1S2. The van der Waals surface area contributed by atoms with E-state index < -0.39 is 0 Å². The first-order chi connectivity index (χ1) is 23.2. The number of hydrogen-bond donors (Lipinski definition) is 1. The molecule has 1 radical (unpaired) electrons. The number of hydrogen-bond acceptors (Lipinski definition) is 5. The van der Waals surface area contributed by atoms with Crippen molar-refractivity contribution in [3.05, 3.63) is 109 Å². The maximum absolute atomic E-state index is 12.2. The van der Waals surface area contributed by atoms with Crippen LogP contribution in [0.15, 0.2) is 123 Å². The Kier molecular flexibility index (Phi) is 11.7. The topological polar surface area (TPSA) is 50.2 Å². The van der Waals surface area contributed by atoms with Crippen molar-refractivity contribution in [2.75, 3.05) is 0 Å². The van der Waals surface area contributed by atoms with Crippen LogP contribution in [0, 0.1) is 16.9 Å². The average Bonchev–Trinajstić information content (AvgIpc) is 3.14. The molecule has 49 heavy (non-hydrogen) atoms. The number of fused-ring (bicyclic) bond motifs is 5. The van der Waals surface area contributed by atoms with Crippen LogP contribution in [0.2, 0.25) is 0 Å². The first-order valence-electron chi connectivity index (χ1n) is 17.1. The molecule has 253 valence electrons. The second kappa shape index (κ2) is 15.4. The number of carbonyl (C=O) groups is 1. The van der Waals surface area contributed by atoms with Crippen molar-refractivity contribution < 1.29 is 30.0 Å². The fourth-order valence-corrected chi connectivity index (χ4v) is 8.89. The molecule has 7 rings (SSSR count). The quantitative estimate of drug-likeness (QED) is 0.0715. The molecule has 0 atom stereocenters. The third-order valence-corrected chi connectivity index (χ3v) is 13.1. The van der Waals surface area contributed by atoms with Crippen LogP contribution >= 0.6 is 23.5 Å². The molecule has 1 aromatic heterocycles. The number of aromatic nitrogens is 1. The number of benzene rings is 4. The zero-order valence-corrected chi connectivity index (χ0v) is 33.1. The summed E-state index contributed by atoms with van der Waals surface area (Å²) in [7, 11) is 0. The summed E-state index contributed by atoms with van der Waals surface area (Å²) < 4.78 is 0. The van der Waals surface area contributed by atoms with Crippen LogP contribution in [0.4, 0.5) is 0 Å². The van der Waals surface area contributed by atoms with E-state index in [9.17, 15) is 9.90 Å². The summed E-state index contributed by atoms with van der Waals surface area (Å²) in [5.41, 5.74) is 5.71. The molecule has 0 saturated heterocycles. The molecule has 3 heterocycles. The van der Waals surface area contributed by atoms with Gasteiger partial charge in [-0.15, -0.1) is 46.7 Å². The zero-order chi connectivity index (χ0) is 34.1. The zero-order valence-electron chi connectivity index (χ0n) is 29.1. The minimum Gasteiger partial charge on any atom is -0.512 e. The van der Waals surface area contributed by atoms with Gasteiger partial charge >= 0.3 is 0 Å². The van der Waals surface area contributed by atoms with Crippen molar-refractivity contribution in [2.24, 2.45) is 10.8 Å². The molecule has 5 aromatic rings. The van der Waals surface area contributed by atoms with Crippen LogP contribution in [0.3, 0.4) is 0 Å². The van der Waals surface area contributed by atoms with Crippen molar-refractivity contribution in [1.82, 2.24) is 4.98 Å². The number of ketones is 1. The second-order valence-electron chi connectivity index (χ2n) is 13.3. The van der Waals surface area contributed by atoms with Gasteiger partial charge in [-0.2, -0.15) is 0 Å². The van der Waals surface area contributed by atoms with Crippen LogP contribution in [-0.4, -0.2) is 22.6 Å². The molecule has 0 amide bonds. The molecule has 2 aliphatic heterocycles. The van der Waals surface area contributed by atoms with Crippen molar-refractivity contribution in [3.63, 3.8) is 0 Å². The molecule has 0 bridgehead atoms. The normalized spacial score (nSPS) is 13.3. The van der Waals surface area contributed by atoms with E-state index in [1.807, 2.05) is 71.3 Å². The van der Waals surface area contributed by atoms with E-state index in [2.05, 4.69) is 91.0 Å². The molecular weight excluding hydrogens is 818 g/mol. The first kappa shape index (κ1) is 37.2. The molecule has 4 aromatic carbocycles. The fourth-order valence-electron chi connectivity index (χ4n) is 6.42. The van der Waals surface area contributed by atoms with E-state index in [-0.39, 0.29) is 49.2 Å². The molecule has 2 aliphatic rings. The van der Waals surface area contributed by atoms with Gasteiger partial charge < -0.3 is 10.1 Å².